The van der Waals surface area contributed by atoms with Crippen LogP contribution in [0.25, 0.3) is 0 Å². The van der Waals surface area contributed by atoms with Crippen LogP contribution in [0.15, 0.2) is 24.3 Å². The maximum atomic E-state index is 12.1. The standard InChI is InChI=1S/C14H16N2O3S/c1-9(12(15)17)20-8-4-7-16-13(18)10-5-2-3-6-11(10)14(16)19/h2-3,5-6,9H,4,7-8H2,1H3,(H2,15,17). The Labute approximate surface area is 121 Å². The first-order valence-corrected chi connectivity index (χ1v) is 7.43. The molecule has 1 heterocycles. The van der Waals surface area contributed by atoms with Gasteiger partial charge in [-0.25, -0.2) is 0 Å². The number of carbonyl (C=O) groups excluding carboxylic acids is 3. The van der Waals surface area contributed by atoms with Crippen molar-refractivity contribution in [3.63, 3.8) is 0 Å². The van der Waals surface area contributed by atoms with Crippen molar-refractivity contribution in [1.29, 1.82) is 0 Å². The first-order valence-electron chi connectivity index (χ1n) is 6.38. The van der Waals surface area contributed by atoms with Crippen molar-refractivity contribution in [3.8, 4) is 0 Å². The average Bonchev–Trinajstić information content (AvgIpc) is 2.68. The lowest BCUT2D eigenvalue weighted by Crippen LogP contribution is -2.31. The molecule has 1 unspecified atom stereocenters. The van der Waals surface area contributed by atoms with E-state index in [-0.39, 0.29) is 23.0 Å². The van der Waals surface area contributed by atoms with Crippen molar-refractivity contribution in [2.24, 2.45) is 5.73 Å². The van der Waals surface area contributed by atoms with Gasteiger partial charge in [0, 0.05) is 6.54 Å². The summed E-state index contributed by atoms with van der Waals surface area (Å²) in [4.78, 5) is 36.3. The highest BCUT2D eigenvalue weighted by molar-refractivity contribution is 8.00. The Hall–Kier alpha value is -1.82. The number of nitrogens with zero attached hydrogens (tertiary/aromatic N) is 1. The number of amides is 3. The highest BCUT2D eigenvalue weighted by Gasteiger charge is 2.34. The van der Waals surface area contributed by atoms with Gasteiger partial charge in [-0.3, -0.25) is 19.3 Å². The van der Waals surface area contributed by atoms with Crippen LogP contribution in [-0.2, 0) is 4.79 Å². The Kier molecular flexibility index (Phi) is 4.44. The molecule has 2 N–H and O–H groups in total. The molecule has 0 bridgehead atoms. The Morgan fingerprint density at radius 1 is 1.25 bits per heavy atom. The van der Waals surface area contributed by atoms with Gasteiger partial charge in [0.05, 0.1) is 16.4 Å². The molecule has 0 saturated heterocycles. The fourth-order valence-corrected chi connectivity index (χ4v) is 2.82. The Morgan fingerprint density at radius 2 is 1.80 bits per heavy atom. The molecular weight excluding hydrogens is 276 g/mol. The van der Waals surface area contributed by atoms with Gasteiger partial charge in [-0.2, -0.15) is 0 Å². The predicted molar refractivity (Wildman–Crippen MR) is 77.5 cm³/mol. The van der Waals surface area contributed by atoms with Crippen molar-refractivity contribution in [1.82, 2.24) is 4.90 Å². The molecule has 1 aromatic carbocycles. The molecule has 1 atom stereocenters. The Bertz CT molecular complexity index is 524. The minimum absolute atomic E-state index is 0.237. The number of thioether (sulfide) groups is 1. The summed E-state index contributed by atoms with van der Waals surface area (Å²) >= 11 is 1.43. The number of carbonyl (C=O) groups is 3. The van der Waals surface area contributed by atoms with E-state index in [9.17, 15) is 14.4 Å². The van der Waals surface area contributed by atoms with E-state index in [0.717, 1.165) is 0 Å². The molecule has 0 aromatic heterocycles. The maximum Gasteiger partial charge on any atom is 0.261 e. The Balaban J connectivity index is 1.88. The highest BCUT2D eigenvalue weighted by Crippen LogP contribution is 2.23. The molecule has 3 amide bonds. The van der Waals surface area contributed by atoms with Gasteiger partial charge in [0.1, 0.15) is 0 Å². The lowest BCUT2D eigenvalue weighted by atomic mass is 10.1. The molecule has 2 rings (SSSR count). The summed E-state index contributed by atoms with van der Waals surface area (Å²) in [5.41, 5.74) is 6.10. The molecule has 1 aliphatic heterocycles. The molecular formula is C14H16N2O3S. The number of hydrogen-bond donors (Lipinski definition) is 1. The summed E-state index contributed by atoms with van der Waals surface area (Å²) in [6.07, 6.45) is 0.647. The summed E-state index contributed by atoms with van der Waals surface area (Å²) in [6, 6.07) is 6.83. The van der Waals surface area contributed by atoms with E-state index in [1.165, 1.54) is 16.7 Å². The zero-order valence-corrected chi connectivity index (χ0v) is 12.0. The molecule has 106 valence electrons. The van der Waals surface area contributed by atoms with Crippen molar-refractivity contribution >= 4 is 29.5 Å². The summed E-state index contributed by atoms with van der Waals surface area (Å²) < 4.78 is 0. The fourth-order valence-electron chi connectivity index (χ4n) is 2.01. The molecule has 5 nitrogen and oxygen atoms in total. The van der Waals surface area contributed by atoms with Gasteiger partial charge >= 0.3 is 0 Å². The minimum Gasteiger partial charge on any atom is -0.369 e. The number of fused-ring (bicyclic) bond motifs is 1. The fraction of sp³-hybridized carbons (Fsp3) is 0.357. The molecule has 6 heteroatoms. The molecule has 0 radical (unpaired) electrons. The maximum absolute atomic E-state index is 12.1. The van der Waals surface area contributed by atoms with Crippen molar-refractivity contribution in [3.05, 3.63) is 35.4 Å². The highest BCUT2D eigenvalue weighted by atomic mass is 32.2. The van der Waals surface area contributed by atoms with Gasteiger partial charge in [0.2, 0.25) is 5.91 Å². The number of hydrogen-bond acceptors (Lipinski definition) is 4. The second-order valence-corrected chi connectivity index (χ2v) is 6.03. The molecule has 20 heavy (non-hydrogen) atoms. The second-order valence-electron chi connectivity index (χ2n) is 4.58. The van der Waals surface area contributed by atoms with Crippen molar-refractivity contribution in [2.75, 3.05) is 12.3 Å². The van der Waals surface area contributed by atoms with Gasteiger partial charge in [0.25, 0.3) is 11.8 Å². The van der Waals surface area contributed by atoms with Crippen LogP contribution in [0.5, 0.6) is 0 Å². The zero-order valence-electron chi connectivity index (χ0n) is 11.2. The third-order valence-electron chi connectivity index (χ3n) is 3.17. The van der Waals surface area contributed by atoms with Crippen LogP contribution in [0.3, 0.4) is 0 Å². The van der Waals surface area contributed by atoms with E-state index < -0.39 is 0 Å². The zero-order chi connectivity index (χ0) is 14.7. The topological polar surface area (TPSA) is 80.5 Å². The van der Waals surface area contributed by atoms with Crippen molar-refractivity contribution in [2.45, 2.75) is 18.6 Å². The lowest BCUT2D eigenvalue weighted by molar-refractivity contribution is -0.117. The van der Waals surface area contributed by atoms with E-state index in [0.29, 0.717) is 29.8 Å². The van der Waals surface area contributed by atoms with Crippen LogP contribution in [0, 0.1) is 0 Å². The van der Waals surface area contributed by atoms with Crippen LogP contribution in [-0.4, -0.2) is 40.2 Å². The van der Waals surface area contributed by atoms with E-state index in [4.69, 9.17) is 5.73 Å². The smallest absolute Gasteiger partial charge is 0.261 e. The monoisotopic (exact) mass is 292 g/mol. The molecule has 0 fully saturated rings. The molecule has 0 saturated carbocycles. The van der Waals surface area contributed by atoms with Gasteiger partial charge in [0.15, 0.2) is 0 Å². The number of rotatable bonds is 6. The molecule has 1 aromatic rings. The summed E-state index contributed by atoms with van der Waals surface area (Å²) in [7, 11) is 0. The van der Waals surface area contributed by atoms with Crippen LogP contribution < -0.4 is 5.73 Å². The number of benzene rings is 1. The predicted octanol–water partition coefficient (Wildman–Crippen LogP) is 1.28. The van der Waals surface area contributed by atoms with E-state index in [1.807, 2.05) is 0 Å². The van der Waals surface area contributed by atoms with Gasteiger partial charge in [-0.15, -0.1) is 11.8 Å². The number of primary amides is 1. The van der Waals surface area contributed by atoms with E-state index in [1.54, 1.807) is 31.2 Å². The van der Waals surface area contributed by atoms with Crippen LogP contribution in [0.1, 0.15) is 34.1 Å². The van der Waals surface area contributed by atoms with Gasteiger partial charge < -0.3 is 5.73 Å². The number of nitrogens with two attached hydrogens (primary N) is 1. The first kappa shape index (κ1) is 14.6. The number of imide groups is 1. The normalized spacial score (nSPS) is 15.3. The van der Waals surface area contributed by atoms with Crippen LogP contribution in [0.2, 0.25) is 0 Å². The Morgan fingerprint density at radius 3 is 2.30 bits per heavy atom. The average molecular weight is 292 g/mol. The third kappa shape index (κ3) is 2.85. The van der Waals surface area contributed by atoms with Gasteiger partial charge in [-0.1, -0.05) is 12.1 Å². The van der Waals surface area contributed by atoms with Crippen molar-refractivity contribution < 1.29 is 14.4 Å². The molecule has 0 aliphatic carbocycles. The quantitative estimate of drug-likeness (QED) is 0.632. The van der Waals surface area contributed by atoms with Crippen LogP contribution >= 0.6 is 11.8 Å². The third-order valence-corrected chi connectivity index (χ3v) is 4.43. The second kappa shape index (κ2) is 6.09. The first-order chi connectivity index (χ1) is 9.52. The summed E-state index contributed by atoms with van der Waals surface area (Å²) in [5, 5.41) is -0.253. The van der Waals surface area contributed by atoms with E-state index in [2.05, 4.69) is 0 Å². The lowest BCUT2D eigenvalue weighted by Gasteiger charge is -2.14. The van der Waals surface area contributed by atoms with Gasteiger partial charge in [-0.05, 0) is 31.2 Å². The molecule has 1 aliphatic rings. The largest absolute Gasteiger partial charge is 0.369 e. The summed E-state index contributed by atoms with van der Waals surface area (Å²) in [6.45, 7) is 2.11. The summed E-state index contributed by atoms with van der Waals surface area (Å²) in [5.74, 6) is -0.148. The SMILES string of the molecule is CC(SCCCN1C(=O)c2ccccc2C1=O)C(N)=O. The molecule has 0 spiro atoms. The van der Waals surface area contributed by atoms with E-state index >= 15 is 0 Å². The minimum atomic E-state index is -0.351. The van der Waals surface area contributed by atoms with Crippen LogP contribution in [0.4, 0.5) is 0 Å².